The first kappa shape index (κ1) is 14.0. The van der Waals surface area contributed by atoms with Crippen molar-refractivity contribution in [2.75, 3.05) is 0 Å². The lowest BCUT2D eigenvalue weighted by molar-refractivity contribution is -0.0404. The Balaban J connectivity index is 1.86. The first-order chi connectivity index (χ1) is 9.46. The molecule has 1 nitrogen and oxygen atoms in total. The fourth-order valence-electron chi connectivity index (χ4n) is 4.09. The molecule has 0 unspecified atom stereocenters. The summed E-state index contributed by atoms with van der Waals surface area (Å²) in [6, 6.07) is 3.12. The number of hydrogen-bond acceptors (Lipinski definition) is 1. The van der Waals surface area contributed by atoms with Gasteiger partial charge in [-0.2, -0.15) is 0 Å². The largest absolute Gasteiger partial charge is 0.385 e. The van der Waals surface area contributed by atoms with Crippen molar-refractivity contribution in [1.29, 1.82) is 0 Å². The third-order valence-electron chi connectivity index (χ3n) is 5.58. The lowest BCUT2D eigenvalue weighted by Gasteiger charge is -2.42. The molecule has 3 heteroatoms. The summed E-state index contributed by atoms with van der Waals surface area (Å²) < 4.78 is 27.9. The zero-order valence-corrected chi connectivity index (χ0v) is 12.0. The number of rotatable bonds is 1. The molecule has 0 aliphatic heterocycles. The lowest BCUT2D eigenvalue weighted by Crippen LogP contribution is -2.36. The van der Waals surface area contributed by atoms with Crippen LogP contribution in [-0.4, -0.2) is 5.11 Å². The Bertz CT molecular complexity index is 508. The monoisotopic (exact) mass is 280 g/mol. The minimum Gasteiger partial charge on any atom is -0.385 e. The molecule has 0 bridgehead atoms. The Morgan fingerprint density at radius 3 is 2.10 bits per heavy atom. The predicted octanol–water partition coefficient (Wildman–Crippen LogP) is 4.60. The fourth-order valence-corrected chi connectivity index (χ4v) is 4.09. The molecule has 20 heavy (non-hydrogen) atoms. The van der Waals surface area contributed by atoms with Gasteiger partial charge < -0.3 is 5.11 Å². The van der Waals surface area contributed by atoms with Crippen LogP contribution in [-0.2, 0) is 5.60 Å². The third-order valence-corrected chi connectivity index (χ3v) is 5.58. The van der Waals surface area contributed by atoms with Gasteiger partial charge in [0.15, 0.2) is 11.6 Å². The SMILES string of the molecule is Cc1ccc(C2(O)CCC3(CCCC3)CC2)c(F)c1F. The van der Waals surface area contributed by atoms with Gasteiger partial charge in [0.1, 0.15) is 0 Å². The summed E-state index contributed by atoms with van der Waals surface area (Å²) >= 11 is 0. The summed E-state index contributed by atoms with van der Waals surface area (Å²) in [5, 5.41) is 10.8. The molecule has 1 aromatic carbocycles. The Morgan fingerprint density at radius 2 is 1.50 bits per heavy atom. The first-order valence-corrected chi connectivity index (χ1v) is 7.63. The van der Waals surface area contributed by atoms with E-state index in [2.05, 4.69) is 0 Å². The van der Waals surface area contributed by atoms with Gasteiger partial charge in [0.05, 0.1) is 5.60 Å². The predicted molar refractivity (Wildman–Crippen MR) is 74.4 cm³/mol. The normalized spacial score (nSPS) is 24.2. The maximum Gasteiger partial charge on any atom is 0.165 e. The van der Waals surface area contributed by atoms with Gasteiger partial charge in [0.25, 0.3) is 0 Å². The van der Waals surface area contributed by atoms with E-state index < -0.39 is 17.2 Å². The molecule has 3 rings (SSSR count). The highest BCUT2D eigenvalue weighted by molar-refractivity contribution is 5.30. The summed E-state index contributed by atoms with van der Waals surface area (Å²) in [6.45, 7) is 1.54. The maximum atomic E-state index is 14.1. The minimum atomic E-state index is -1.19. The van der Waals surface area contributed by atoms with Crippen LogP contribution in [0, 0.1) is 24.0 Å². The average Bonchev–Trinajstić information content (AvgIpc) is 2.89. The fraction of sp³-hybridized carbons (Fsp3) is 0.647. The molecule has 0 saturated heterocycles. The number of benzene rings is 1. The third kappa shape index (κ3) is 2.16. The van der Waals surface area contributed by atoms with E-state index in [1.54, 1.807) is 19.1 Å². The van der Waals surface area contributed by atoms with Crippen molar-refractivity contribution < 1.29 is 13.9 Å². The molecule has 2 saturated carbocycles. The molecule has 2 aliphatic rings. The lowest BCUT2D eigenvalue weighted by atomic mass is 9.66. The maximum absolute atomic E-state index is 14.1. The molecular formula is C17H22F2O. The van der Waals surface area contributed by atoms with Crippen LogP contribution in [0.3, 0.4) is 0 Å². The summed E-state index contributed by atoms with van der Waals surface area (Å²) in [5.74, 6) is -1.69. The molecular weight excluding hydrogens is 258 g/mol. The smallest absolute Gasteiger partial charge is 0.165 e. The first-order valence-electron chi connectivity index (χ1n) is 7.63. The number of halogens is 2. The van der Waals surface area contributed by atoms with Gasteiger partial charge in [0, 0.05) is 5.56 Å². The van der Waals surface area contributed by atoms with Gasteiger partial charge in [-0.25, -0.2) is 8.78 Å². The van der Waals surface area contributed by atoms with Crippen LogP contribution in [0.25, 0.3) is 0 Å². The number of aryl methyl sites for hydroxylation is 1. The van der Waals surface area contributed by atoms with Crippen LogP contribution in [0.15, 0.2) is 12.1 Å². The van der Waals surface area contributed by atoms with E-state index in [0.29, 0.717) is 18.3 Å². The van der Waals surface area contributed by atoms with Gasteiger partial charge in [-0.1, -0.05) is 25.0 Å². The number of aliphatic hydroxyl groups is 1. The molecule has 0 atom stereocenters. The van der Waals surface area contributed by atoms with Crippen LogP contribution in [0.4, 0.5) is 8.78 Å². The van der Waals surface area contributed by atoms with Gasteiger partial charge in [-0.3, -0.25) is 0 Å². The van der Waals surface area contributed by atoms with Gasteiger partial charge in [-0.05, 0) is 56.4 Å². The van der Waals surface area contributed by atoms with Gasteiger partial charge >= 0.3 is 0 Å². The van der Waals surface area contributed by atoms with E-state index in [9.17, 15) is 13.9 Å². The van der Waals surface area contributed by atoms with Crippen molar-refractivity contribution in [3.63, 3.8) is 0 Å². The second-order valence-electron chi connectivity index (χ2n) is 6.80. The Hall–Kier alpha value is -0.960. The molecule has 110 valence electrons. The molecule has 1 aromatic rings. The van der Waals surface area contributed by atoms with Crippen LogP contribution < -0.4 is 0 Å². The second-order valence-corrected chi connectivity index (χ2v) is 6.80. The molecule has 1 N–H and O–H groups in total. The standard InChI is InChI=1S/C17H22F2O/c1-12-4-5-13(15(19)14(12)18)17(20)10-8-16(9-11-17)6-2-3-7-16/h4-5,20H,2-3,6-11H2,1H3. The molecule has 0 heterocycles. The summed E-state index contributed by atoms with van der Waals surface area (Å²) in [6.07, 6.45) is 7.95. The quantitative estimate of drug-likeness (QED) is 0.797. The molecule has 2 fully saturated rings. The zero-order valence-electron chi connectivity index (χ0n) is 12.0. The van der Waals surface area contributed by atoms with Crippen molar-refractivity contribution in [3.8, 4) is 0 Å². The van der Waals surface area contributed by atoms with Crippen LogP contribution in [0.1, 0.15) is 62.5 Å². The van der Waals surface area contributed by atoms with Crippen molar-refractivity contribution in [3.05, 3.63) is 34.9 Å². The highest BCUT2D eigenvalue weighted by atomic mass is 19.2. The van der Waals surface area contributed by atoms with E-state index in [-0.39, 0.29) is 11.1 Å². The Labute approximate surface area is 119 Å². The second kappa shape index (κ2) is 4.80. The average molecular weight is 280 g/mol. The number of hydrogen-bond donors (Lipinski definition) is 1. The van der Waals surface area contributed by atoms with Crippen LogP contribution in [0.2, 0.25) is 0 Å². The van der Waals surface area contributed by atoms with E-state index in [0.717, 1.165) is 12.8 Å². The van der Waals surface area contributed by atoms with Crippen molar-refractivity contribution in [2.24, 2.45) is 5.41 Å². The van der Waals surface area contributed by atoms with Crippen molar-refractivity contribution >= 4 is 0 Å². The molecule has 0 radical (unpaired) electrons. The zero-order chi connectivity index (χ0) is 14.4. The Morgan fingerprint density at radius 1 is 0.900 bits per heavy atom. The van der Waals surface area contributed by atoms with Gasteiger partial charge in [-0.15, -0.1) is 0 Å². The molecule has 1 spiro atoms. The van der Waals surface area contributed by atoms with E-state index in [4.69, 9.17) is 0 Å². The summed E-state index contributed by atoms with van der Waals surface area (Å²) in [7, 11) is 0. The topological polar surface area (TPSA) is 20.2 Å². The van der Waals surface area contributed by atoms with Gasteiger partial charge in [0.2, 0.25) is 0 Å². The molecule has 2 aliphatic carbocycles. The van der Waals surface area contributed by atoms with E-state index in [1.807, 2.05) is 0 Å². The van der Waals surface area contributed by atoms with Crippen LogP contribution in [0.5, 0.6) is 0 Å². The van der Waals surface area contributed by atoms with E-state index in [1.165, 1.54) is 25.7 Å². The summed E-state index contributed by atoms with van der Waals surface area (Å²) in [5.41, 5.74) is -0.385. The van der Waals surface area contributed by atoms with Crippen molar-refractivity contribution in [2.45, 2.75) is 63.9 Å². The molecule has 0 aromatic heterocycles. The Kier molecular flexibility index (Phi) is 3.36. The molecule has 0 amide bonds. The minimum absolute atomic E-state index is 0.147. The highest BCUT2D eigenvalue weighted by Crippen LogP contribution is 2.53. The van der Waals surface area contributed by atoms with Crippen molar-refractivity contribution in [1.82, 2.24) is 0 Å². The summed E-state index contributed by atoms with van der Waals surface area (Å²) in [4.78, 5) is 0. The van der Waals surface area contributed by atoms with Crippen LogP contribution >= 0.6 is 0 Å². The van der Waals surface area contributed by atoms with E-state index >= 15 is 0 Å². The highest BCUT2D eigenvalue weighted by Gasteiger charge is 2.45.